The number of para-hydroxylation sites is 1. The first kappa shape index (κ1) is 17.9. The van der Waals surface area contributed by atoms with E-state index in [0.29, 0.717) is 18.6 Å². The van der Waals surface area contributed by atoms with Gasteiger partial charge in [0.05, 0.1) is 12.6 Å². The second kappa shape index (κ2) is 6.18. The molecule has 0 N–H and O–H groups in total. The summed E-state index contributed by atoms with van der Waals surface area (Å²) in [7, 11) is 0. The fraction of sp³-hybridized carbons (Fsp3) is 0.565. The van der Waals surface area contributed by atoms with Crippen LogP contribution in [0, 0.1) is 11.8 Å². The lowest BCUT2D eigenvalue weighted by molar-refractivity contribution is -0.144. The molecule has 3 aliphatic heterocycles. The minimum Gasteiger partial charge on any atom is -0.465 e. The summed E-state index contributed by atoms with van der Waals surface area (Å²) in [6.45, 7) is 7.70. The Kier molecular flexibility index (Phi) is 3.96. The third kappa shape index (κ3) is 2.17. The molecule has 2 saturated heterocycles. The van der Waals surface area contributed by atoms with Crippen molar-refractivity contribution in [3.05, 3.63) is 41.5 Å². The van der Waals surface area contributed by atoms with Crippen molar-refractivity contribution in [2.75, 3.05) is 24.6 Å². The van der Waals surface area contributed by atoms with Gasteiger partial charge >= 0.3 is 5.97 Å². The molecule has 5 nitrogen and oxygen atoms in total. The number of benzene rings is 1. The van der Waals surface area contributed by atoms with E-state index in [1.165, 1.54) is 18.1 Å². The second-order valence-electron chi connectivity index (χ2n) is 8.80. The first-order chi connectivity index (χ1) is 13.5. The number of carbonyl (C=O) groups is 2. The predicted molar refractivity (Wildman–Crippen MR) is 107 cm³/mol. The lowest BCUT2D eigenvalue weighted by Crippen LogP contribution is -2.65. The molecule has 1 aromatic rings. The lowest BCUT2D eigenvalue weighted by Gasteiger charge is -2.56. The second-order valence-corrected chi connectivity index (χ2v) is 8.80. The maximum absolute atomic E-state index is 12.9. The molecule has 3 heterocycles. The van der Waals surface area contributed by atoms with Crippen LogP contribution >= 0.6 is 0 Å². The monoisotopic (exact) mass is 380 g/mol. The van der Waals surface area contributed by atoms with Crippen LogP contribution in [-0.2, 0) is 19.7 Å². The first-order valence-corrected chi connectivity index (χ1v) is 10.4. The molecular formula is C23H28N2O3. The molecule has 4 aliphatic rings. The summed E-state index contributed by atoms with van der Waals surface area (Å²) in [5, 5.41) is 0. The van der Waals surface area contributed by atoms with Crippen molar-refractivity contribution in [3.63, 3.8) is 0 Å². The Bertz CT molecular complexity index is 878. The number of esters is 1. The van der Waals surface area contributed by atoms with Crippen molar-refractivity contribution in [1.82, 2.24) is 4.90 Å². The number of hydrogen-bond donors (Lipinski definition) is 0. The number of anilines is 1. The van der Waals surface area contributed by atoms with E-state index in [0.717, 1.165) is 31.6 Å². The highest BCUT2D eigenvalue weighted by Crippen LogP contribution is 2.63. The van der Waals surface area contributed by atoms with E-state index in [-0.39, 0.29) is 29.3 Å². The molecule has 3 fully saturated rings. The summed E-state index contributed by atoms with van der Waals surface area (Å²) in [6, 6.07) is 8.94. The van der Waals surface area contributed by atoms with E-state index in [2.05, 4.69) is 36.1 Å². The number of amides is 1. The third-order valence-electron chi connectivity index (χ3n) is 7.77. The van der Waals surface area contributed by atoms with Crippen LogP contribution in [0.3, 0.4) is 0 Å². The Balaban J connectivity index is 1.71. The molecule has 0 radical (unpaired) electrons. The van der Waals surface area contributed by atoms with E-state index in [9.17, 15) is 9.59 Å². The molecule has 1 saturated carbocycles. The molecule has 2 bridgehead atoms. The number of ether oxygens (including phenoxy) is 1. The molecule has 0 aromatic heterocycles. The minimum absolute atomic E-state index is 0.0470. The average Bonchev–Trinajstić information content (AvgIpc) is 3.21. The molecule has 1 aliphatic carbocycles. The van der Waals surface area contributed by atoms with Crippen molar-refractivity contribution in [2.45, 2.75) is 51.1 Å². The lowest BCUT2D eigenvalue weighted by atomic mass is 9.55. The Labute approximate surface area is 166 Å². The van der Waals surface area contributed by atoms with Crippen molar-refractivity contribution < 1.29 is 14.3 Å². The van der Waals surface area contributed by atoms with Gasteiger partial charge in [0.1, 0.15) is 0 Å². The number of nitrogens with zero attached hydrogens (tertiary/aromatic N) is 2. The maximum Gasteiger partial charge on any atom is 0.302 e. The molecule has 28 heavy (non-hydrogen) atoms. The summed E-state index contributed by atoms with van der Waals surface area (Å²) in [4.78, 5) is 29.2. The van der Waals surface area contributed by atoms with Crippen molar-refractivity contribution in [3.8, 4) is 0 Å². The van der Waals surface area contributed by atoms with E-state index in [4.69, 9.17) is 4.74 Å². The molecule has 5 rings (SSSR count). The summed E-state index contributed by atoms with van der Waals surface area (Å²) >= 11 is 0. The summed E-state index contributed by atoms with van der Waals surface area (Å²) in [5.41, 5.74) is 3.76. The molecule has 148 valence electrons. The fourth-order valence-corrected chi connectivity index (χ4v) is 6.88. The first-order valence-electron chi connectivity index (χ1n) is 10.4. The van der Waals surface area contributed by atoms with Gasteiger partial charge in [-0.1, -0.05) is 29.8 Å². The molecule has 1 aromatic carbocycles. The fourth-order valence-electron chi connectivity index (χ4n) is 6.88. The van der Waals surface area contributed by atoms with Crippen LogP contribution in [0.2, 0.25) is 0 Å². The van der Waals surface area contributed by atoms with Gasteiger partial charge in [0.25, 0.3) is 0 Å². The van der Waals surface area contributed by atoms with E-state index in [1.807, 2.05) is 11.0 Å². The van der Waals surface area contributed by atoms with Gasteiger partial charge in [0.2, 0.25) is 5.91 Å². The highest BCUT2D eigenvalue weighted by molar-refractivity contribution is 5.96. The van der Waals surface area contributed by atoms with Gasteiger partial charge in [0, 0.05) is 43.5 Å². The average molecular weight is 380 g/mol. The smallest absolute Gasteiger partial charge is 0.302 e. The number of fused-ring (bicyclic) bond motifs is 2. The number of carbonyl (C=O) groups excluding carboxylic acids is 2. The maximum atomic E-state index is 12.9. The summed E-state index contributed by atoms with van der Waals surface area (Å²) < 4.78 is 5.59. The highest BCUT2D eigenvalue weighted by Gasteiger charge is 2.67. The van der Waals surface area contributed by atoms with Crippen LogP contribution in [0.25, 0.3) is 0 Å². The molecule has 1 amide bonds. The topological polar surface area (TPSA) is 49.9 Å². The van der Waals surface area contributed by atoms with E-state index in [1.54, 1.807) is 6.92 Å². The number of rotatable bonds is 2. The Hall–Kier alpha value is -2.14. The van der Waals surface area contributed by atoms with Crippen molar-refractivity contribution in [1.29, 1.82) is 0 Å². The van der Waals surface area contributed by atoms with E-state index >= 15 is 0 Å². The number of hydrogen-bond acceptors (Lipinski definition) is 4. The van der Waals surface area contributed by atoms with Crippen LogP contribution in [0.4, 0.5) is 5.69 Å². The van der Waals surface area contributed by atoms with Gasteiger partial charge < -0.3 is 9.64 Å². The van der Waals surface area contributed by atoms with Crippen molar-refractivity contribution >= 4 is 17.6 Å². The number of allylic oxidation sites excluding steroid dienone is 1. The predicted octanol–water partition coefficient (Wildman–Crippen LogP) is 2.89. The largest absolute Gasteiger partial charge is 0.465 e. The molecule has 1 spiro atoms. The van der Waals surface area contributed by atoms with Crippen molar-refractivity contribution in [2.24, 2.45) is 11.8 Å². The van der Waals surface area contributed by atoms with Gasteiger partial charge in [-0.3, -0.25) is 14.5 Å². The molecule has 0 unspecified atom stereocenters. The van der Waals surface area contributed by atoms with Gasteiger partial charge in [-0.2, -0.15) is 0 Å². The van der Waals surface area contributed by atoms with Crippen LogP contribution in [0.5, 0.6) is 0 Å². The van der Waals surface area contributed by atoms with Gasteiger partial charge in [-0.05, 0) is 43.9 Å². The molecule has 5 atom stereocenters. The highest BCUT2D eigenvalue weighted by atomic mass is 16.5. The van der Waals surface area contributed by atoms with Gasteiger partial charge in [-0.25, -0.2) is 0 Å². The quantitative estimate of drug-likeness (QED) is 0.585. The standard InChI is InChI=1S/C23H28N2O3/c1-4-16-12-24-10-9-23-19-7-5-6-8-20(19)25(14(2)26)22(23)18(13-28-15(3)27)17(16)11-21(23)24/h4-8,17-18,21-22H,9-13H2,1-3H3/t17-,18+,21-,22-,23+/m0/s1. The van der Waals surface area contributed by atoms with Gasteiger partial charge in [0.15, 0.2) is 0 Å². The summed E-state index contributed by atoms with van der Waals surface area (Å²) in [5.74, 6) is 0.329. The Morgan fingerprint density at radius 2 is 2.07 bits per heavy atom. The number of piperidine rings is 1. The minimum atomic E-state index is -0.244. The SMILES string of the molecule is CC=C1CN2CC[C@]34c5ccccc5N(C(C)=O)[C@H]3[C@H](COC(C)=O)[C@H]1C[C@H]24. The zero-order valence-corrected chi connectivity index (χ0v) is 16.9. The normalized spacial score (nSPS) is 37.0. The van der Waals surface area contributed by atoms with Crippen LogP contribution in [0.15, 0.2) is 35.9 Å². The van der Waals surface area contributed by atoms with E-state index < -0.39 is 0 Å². The van der Waals surface area contributed by atoms with Crippen LogP contribution in [0.1, 0.15) is 39.2 Å². The van der Waals surface area contributed by atoms with Crippen LogP contribution in [-0.4, -0.2) is 48.6 Å². The summed E-state index contributed by atoms with van der Waals surface area (Å²) in [6.07, 6.45) is 4.39. The van der Waals surface area contributed by atoms with Crippen LogP contribution < -0.4 is 4.90 Å². The molecule has 5 heteroatoms. The Morgan fingerprint density at radius 3 is 2.79 bits per heavy atom. The van der Waals surface area contributed by atoms with Gasteiger partial charge in [-0.15, -0.1) is 0 Å². The Morgan fingerprint density at radius 1 is 1.29 bits per heavy atom. The molecular weight excluding hydrogens is 352 g/mol. The zero-order chi connectivity index (χ0) is 19.6. The zero-order valence-electron chi connectivity index (χ0n) is 16.9. The third-order valence-corrected chi connectivity index (χ3v) is 7.77.